The molecule has 0 aliphatic carbocycles. The molecule has 1 saturated heterocycles. The highest BCUT2D eigenvalue weighted by atomic mass is 19.1. The van der Waals surface area contributed by atoms with Crippen molar-refractivity contribution in [3.63, 3.8) is 0 Å². The molecule has 1 aromatic rings. The Labute approximate surface area is 120 Å². The van der Waals surface area contributed by atoms with E-state index in [1.54, 1.807) is 19.2 Å². The molecule has 0 saturated carbocycles. The molecule has 2 N–H and O–H groups in total. The van der Waals surface area contributed by atoms with Gasteiger partial charge in [-0.15, -0.1) is 0 Å². The van der Waals surface area contributed by atoms with Crippen LogP contribution in [0.3, 0.4) is 0 Å². The fourth-order valence-electron chi connectivity index (χ4n) is 3.18. The van der Waals surface area contributed by atoms with Crippen molar-refractivity contribution in [2.24, 2.45) is 5.73 Å². The maximum Gasteiger partial charge on any atom is 0.123 e. The second-order valence-electron chi connectivity index (χ2n) is 5.69. The van der Waals surface area contributed by atoms with Gasteiger partial charge in [-0.2, -0.15) is 0 Å². The number of nitrogens with zero attached hydrogens (tertiary/aromatic N) is 1. The summed E-state index contributed by atoms with van der Waals surface area (Å²) in [7, 11) is 1.77. The second-order valence-corrected chi connectivity index (χ2v) is 5.69. The summed E-state index contributed by atoms with van der Waals surface area (Å²) in [5.74, 6) is -0.164. The molecule has 4 heteroatoms. The number of ether oxygens (including phenoxy) is 1. The minimum absolute atomic E-state index is 0.164. The Hall–Kier alpha value is -0.970. The van der Waals surface area contributed by atoms with Crippen LogP contribution in [0.15, 0.2) is 24.3 Å². The first-order valence-corrected chi connectivity index (χ1v) is 7.37. The standard InChI is InChI=1S/C16H25FN2O/c1-12(8-13-4-3-5-14(17)9-13)19-7-6-16(20-2)10-15(19)11-18/h3-5,9,12,15-16H,6-8,10-11,18H2,1-2H3. The summed E-state index contributed by atoms with van der Waals surface area (Å²) in [4.78, 5) is 2.44. The third-order valence-corrected chi connectivity index (χ3v) is 4.30. The van der Waals surface area contributed by atoms with Gasteiger partial charge < -0.3 is 10.5 Å². The van der Waals surface area contributed by atoms with Gasteiger partial charge in [0.25, 0.3) is 0 Å². The Kier molecular flexibility index (Phi) is 5.52. The van der Waals surface area contributed by atoms with Gasteiger partial charge in [-0.05, 0) is 43.9 Å². The van der Waals surface area contributed by atoms with E-state index < -0.39 is 0 Å². The van der Waals surface area contributed by atoms with Crippen LogP contribution in [-0.2, 0) is 11.2 Å². The highest BCUT2D eigenvalue weighted by molar-refractivity contribution is 5.17. The quantitative estimate of drug-likeness (QED) is 0.898. The normalized spacial score (nSPS) is 25.6. The van der Waals surface area contributed by atoms with E-state index in [2.05, 4.69) is 11.8 Å². The van der Waals surface area contributed by atoms with Crippen molar-refractivity contribution in [2.45, 2.75) is 44.4 Å². The lowest BCUT2D eigenvalue weighted by Crippen LogP contribution is -2.52. The van der Waals surface area contributed by atoms with E-state index in [9.17, 15) is 4.39 Å². The van der Waals surface area contributed by atoms with Crippen LogP contribution in [0.4, 0.5) is 4.39 Å². The summed E-state index contributed by atoms with van der Waals surface area (Å²) in [6.45, 7) is 3.84. The molecule has 3 nitrogen and oxygen atoms in total. The third-order valence-electron chi connectivity index (χ3n) is 4.30. The highest BCUT2D eigenvalue weighted by Gasteiger charge is 2.30. The molecule has 0 aromatic heterocycles. The molecule has 0 bridgehead atoms. The number of hydrogen-bond acceptors (Lipinski definition) is 3. The average Bonchev–Trinajstić information content (AvgIpc) is 2.46. The first kappa shape index (κ1) is 15.4. The lowest BCUT2D eigenvalue weighted by atomic mass is 9.95. The van der Waals surface area contributed by atoms with Crippen LogP contribution in [0.5, 0.6) is 0 Å². The number of methoxy groups -OCH3 is 1. The second kappa shape index (κ2) is 7.16. The van der Waals surface area contributed by atoms with Gasteiger partial charge in [0.1, 0.15) is 5.82 Å². The minimum atomic E-state index is -0.164. The van der Waals surface area contributed by atoms with Crippen molar-refractivity contribution >= 4 is 0 Å². The average molecular weight is 280 g/mol. The monoisotopic (exact) mass is 280 g/mol. The van der Waals surface area contributed by atoms with Gasteiger partial charge in [-0.1, -0.05) is 12.1 Å². The van der Waals surface area contributed by atoms with E-state index in [4.69, 9.17) is 10.5 Å². The molecule has 3 atom stereocenters. The lowest BCUT2D eigenvalue weighted by molar-refractivity contribution is -0.00105. The van der Waals surface area contributed by atoms with E-state index in [-0.39, 0.29) is 5.82 Å². The summed E-state index contributed by atoms with van der Waals surface area (Å²) >= 11 is 0. The minimum Gasteiger partial charge on any atom is -0.381 e. The van der Waals surface area contributed by atoms with E-state index >= 15 is 0 Å². The topological polar surface area (TPSA) is 38.5 Å². The van der Waals surface area contributed by atoms with Gasteiger partial charge in [0.2, 0.25) is 0 Å². The molecule has 0 spiro atoms. The number of nitrogens with two attached hydrogens (primary N) is 1. The van der Waals surface area contributed by atoms with Gasteiger partial charge in [0.05, 0.1) is 6.10 Å². The number of rotatable bonds is 5. The Bertz CT molecular complexity index is 427. The van der Waals surface area contributed by atoms with Crippen molar-refractivity contribution in [1.29, 1.82) is 0 Å². The van der Waals surface area contributed by atoms with Crippen LogP contribution in [0, 0.1) is 5.82 Å². The summed E-state index contributed by atoms with van der Waals surface area (Å²) in [5, 5.41) is 0. The van der Waals surface area contributed by atoms with Crippen molar-refractivity contribution in [1.82, 2.24) is 4.90 Å². The summed E-state index contributed by atoms with van der Waals surface area (Å²) in [6.07, 6.45) is 3.20. The number of halogens is 1. The van der Waals surface area contributed by atoms with Crippen molar-refractivity contribution in [2.75, 3.05) is 20.2 Å². The Balaban J connectivity index is 1.99. The predicted molar refractivity (Wildman–Crippen MR) is 79.1 cm³/mol. The molecule has 20 heavy (non-hydrogen) atoms. The van der Waals surface area contributed by atoms with Crippen molar-refractivity contribution in [3.8, 4) is 0 Å². The van der Waals surface area contributed by atoms with Crippen LogP contribution in [-0.4, -0.2) is 43.3 Å². The molecule has 0 amide bonds. The Morgan fingerprint density at radius 2 is 2.30 bits per heavy atom. The molecular weight excluding hydrogens is 255 g/mol. The van der Waals surface area contributed by atoms with Crippen molar-refractivity contribution in [3.05, 3.63) is 35.6 Å². The van der Waals surface area contributed by atoms with Gasteiger partial charge in [-0.25, -0.2) is 4.39 Å². The van der Waals surface area contributed by atoms with Crippen molar-refractivity contribution < 1.29 is 9.13 Å². The van der Waals surface area contributed by atoms with E-state index in [1.807, 2.05) is 6.07 Å². The molecule has 2 rings (SSSR count). The van der Waals surface area contributed by atoms with Crippen LogP contribution in [0.2, 0.25) is 0 Å². The Morgan fingerprint density at radius 3 is 2.95 bits per heavy atom. The van der Waals surface area contributed by atoms with Gasteiger partial charge in [-0.3, -0.25) is 4.90 Å². The molecular formula is C16H25FN2O. The molecule has 112 valence electrons. The smallest absolute Gasteiger partial charge is 0.123 e. The summed E-state index contributed by atoms with van der Waals surface area (Å²) in [5.41, 5.74) is 6.95. The summed E-state index contributed by atoms with van der Waals surface area (Å²) < 4.78 is 18.7. The zero-order valence-electron chi connectivity index (χ0n) is 12.4. The third kappa shape index (κ3) is 3.78. The van der Waals surface area contributed by atoms with E-state index in [1.165, 1.54) is 6.07 Å². The molecule has 1 aliphatic rings. The lowest BCUT2D eigenvalue weighted by Gasteiger charge is -2.42. The molecule has 1 fully saturated rings. The number of benzene rings is 1. The predicted octanol–water partition coefficient (Wildman–Crippen LogP) is 2.19. The number of piperidine rings is 1. The fourth-order valence-corrected chi connectivity index (χ4v) is 3.18. The Morgan fingerprint density at radius 1 is 1.50 bits per heavy atom. The maximum atomic E-state index is 13.2. The number of likely N-dealkylation sites (tertiary alicyclic amines) is 1. The van der Waals surface area contributed by atoms with Crippen LogP contribution < -0.4 is 5.73 Å². The molecule has 0 radical (unpaired) electrons. The fraction of sp³-hybridized carbons (Fsp3) is 0.625. The van der Waals surface area contributed by atoms with Crippen LogP contribution in [0.25, 0.3) is 0 Å². The van der Waals surface area contributed by atoms with E-state index in [0.29, 0.717) is 24.7 Å². The zero-order valence-corrected chi connectivity index (χ0v) is 12.4. The molecule has 1 aliphatic heterocycles. The van der Waals surface area contributed by atoms with Gasteiger partial charge in [0, 0.05) is 32.3 Å². The molecule has 1 aromatic carbocycles. The van der Waals surface area contributed by atoms with Crippen LogP contribution >= 0.6 is 0 Å². The largest absolute Gasteiger partial charge is 0.381 e. The van der Waals surface area contributed by atoms with Crippen LogP contribution in [0.1, 0.15) is 25.3 Å². The maximum absolute atomic E-state index is 13.2. The molecule has 3 unspecified atom stereocenters. The summed E-state index contributed by atoms with van der Waals surface area (Å²) in [6, 6.07) is 7.59. The first-order chi connectivity index (χ1) is 9.63. The molecule has 1 heterocycles. The zero-order chi connectivity index (χ0) is 14.5. The van der Waals surface area contributed by atoms with E-state index in [0.717, 1.165) is 31.4 Å². The highest BCUT2D eigenvalue weighted by Crippen LogP contribution is 2.23. The first-order valence-electron chi connectivity index (χ1n) is 7.37. The van der Waals surface area contributed by atoms with Gasteiger partial charge in [0.15, 0.2) is 0 Å². The number of hydrogen-bond donors (Lipinski definition) is 1. The SMILES string of the molecule is COC1CCN(C(C)Cc2cccc(F)c2)C(CN)C1. The van der Waals surface area contributed by atoms with Gasteiger partial charge >= 0.3 is 0 Å².